The molecule has 0 spiro atoms. The van der Waals surface area contributed by atoms with Gasteiger partial charge in [-0.3, -0.25) is 0 Å². The van der Waals surface area contributed by atoms with Crippen LogP contribution in [0.4, 0.5) is 5.69 Å². The molecule has 0 radical (unpaired) electrons. The maximum Gasteiger partial charge on any atom is 0.0557 e. The van der Waals surface area contributed by atoms with Crippen LogP contribution >= 0.6 is 15.9 Å². The molecule has 2 atom stereocenters. The summed E-state index contributed by atoms with van der Waals surface area (Å²) < 4.78 is 1.15. The highest BCUT2D eigenvalue weighted by Gasteiger charge is 2.26. The number of rotatable bonds is 6. The third-order valence-electron chi connectivity index (χ3n) is 4.02. The molecule has 1 fully saturated rings. The molecule has 0 aromatic heterocycles. The maximum atomic E-state index is 9.70. The van der Waals surface area contributed by atoms with E-state index in [-0.39, 0.29) is 6.10 Å². The van der Waals surface area contributed by atoms with Crippen molar-refractivity contribution in [2.24, 2.45) is 5.92 Å². The van der Waals surface area contributed by atoms with Crippen LogP contribution in [0.25, 0.3) is 0 Å². The number of nitrogens with one attached hydrogen (secondary N) is 1. The second-order valence-electron chi connectivity index (χ2n) is 5.70. The fourth-order valence-electron chi connectivity index (χ4n) is 2.73. The number of benzene rings is 1. The Kier molecular flexibility index (Phi) is 5.87. The average Bonchev–Trinajstić information content (AvgIpc) is 2.89. The van der Waals surface area contributed by atoms with E-state index in [1.807, 2.05) is 6.92 Å². The second kappa shape index (κ2) is 7.43. The van der Waals surface area contributed by atoms with Crippen LogP contribution in [0.15, 0.2) is 22.7 Å². The van der Waals surface area contributed by atoms with Gasteiger partial charge in [-0.1, -0.05) is 13.0 Å². The summed E-state index contributed by atoms with van der Waals surface area (Å²) in [6.45, 7) is 8.03. The van der Waals surface area contributed by atoms with Crippen molar-refractivity contribution in [2.45, 2.75) is 39.3 Å². The molecule has 2 N–H and O–H groups in total. The summed E-state index contributed by atoms with van der Waals surface area (Å²) in [7, 11) is 0. The molecule has 4 heteroatoms. The Labute approximate surface area is 130 Å². The lowest BCUT2D eigenvalue weighted by Crippen LogP contribution is -2.24. The Bertz CT molecular complexity index is 436. The number of anilines is 1. The third-order valence-corrected chi connectivity index (χ3v) is 4.65. The minimum Gasteiger partial charge on any atom is -0.393 e. The smallest absolute Gasteiger partial charge is 0.0557 e. The lowest BCUT2D eigenvalue weighted by molar-refractivity contribution is 0.136. The Morgan fingerprint density at radius 2 is 2.30 bits per heavy atom. The van der Waals surface area contributed by atoms with E-state index in [0.717, 1.165) is 43.5 Å². The number of aliphatic hydroxyl groups is 1. The largest absolute Gasteiger partial charge is 0.393 e. The summed E-state index contributed by atoms with van der Waals surface area (Å²) in [5.74, 6) is 0.396. The van der Waals surface area contributed by atoms with Gasteiger partial charge >= 0.3 is 0 Å². The van der Waals surface area contributed by atoms with Crippen molar-refractivity contribution >= 4 is 21.6 Å². The molecule has 1 aromatic carbocycles. The van der Waals surface area contributed by atoms with Gasteiger partial charge in [0.15, 0.2) is 0 Å². The first-order valence-electron chi connectivity index (χ1n) is 7.54. The summed E-state index contributed by atoms with van der Waals surface area (Å²) in [5, 5.41) is 13.1. The van der Waals surface area contributed by atoms with Crippen molar-refractivity contribution in [1.29, 1.82) is 0 Å². The summed E-state index contributed by atoms with van der Waals surface area (Å²) in [4.78, 5) is 2.37. The highest BCUT2D eigenvalue weighted by molar-refractivity contribution is 9.10. The van der Waals surface area contributed by atoms with E-state index in [9.17, 15) is 5.11 Å². The topological polar surface area (TPSA) is 35.5 Å². The van der Waals surface area contributed by atoms with Crippen molar-refractivity contribution < 1.29 is 5.11 Å². The van der Waals surface area contributed by atoms with E-state index >= 15 is 0 Å². The number of halogens is 1. The predicted octanol–water partition coefficient (Wildman–Crippen LogP) is 3.16. The van der Waals surface area contributed by atoms with Crippen LogP contribution < -0.4 is 10.2 Å². The Hall–Kier alpha value is -0.580. The van der Waals surface area contributed by atoms with Crippen LogP contribution in [-0.4, -0.2) is 30.8 Å². The molecule has 0 saturated carbocycles. The zero-order chi connectivity index (χ0) is 14.5. The van der Waals surface area contributed by atoms with Crippen molar-refractivity contribution in [3.05, 3.63) is 28.2 Å². The van der Waals surface area contributed by atoms with Crippen LogP contribution in [0.3, 0.4) is 0 Å². The van der Waals surface area contributed by atoms with E-state index in [1.165, 1.54) is 11.3 Å². The molecule has 20 heavy (non-hydrogen) atoms. The number of aliphatic hydroxyl groups excluding tert-OH is 1. The van der Waals surface area contributed by atoms with Crippen LogP contribution in [0.1, 0.15) is 32.3 Å². The van der Waals surface area contributed by atoms with E-state index in [4.69, 9.17) is 0 Å². The van der Waals surface area contributed by atoms with Gasteiger partial charge in [-0.25, -0.2) is 0 Å². The summed E-state index contributed by atoms with van der Waals surface area (Å²) in [5.41, 5.74) is 2.55. The summed E-state index contributed by atoms with van der Waals surface area (Å²) >= 11 is 3.69. The first kappa shape index (κ1) is 15.8. The van der Waals surface area contributed by atoms with Crippen molar-refractivity contribution in [1.82, 2.24) is 5.32 Å². The van der Waals surface area contributed by atoms with E-state index in [0.29, 0.717) is 5.92 Å². The monoisotopic (exact) mass is 340 g/mol. The Balaban J connectivity index is 1.99. The van der Waals surface area contributed by atoms with Gasteiger partial charge < -0.3 is 15.3 Å². The fourth-order valence-corrected chi connectivity index (χ4v) is 3.40. The van der Waals surface area contributed by atoms with Gasteiger partial charge in [-0.15, -0.1) is 0 Å². The highest BCUT2D eigenvalue weighted by atomic mass is 79.9. The van der Waals surface area contributed by atoms with E-state index in [2.05, 4.69) is 51.3 Å². The molecular weight excluding hydrogens is 316 g/mol. The van der Waals surface area contributed by atoms with Crippen LogP contribution in [-0.2, 0) is 6.54 Å². The third kappa shape index (κ3) is 3.96. The molecule has 2 rings (SSSR count). The minimum absolute atomic E-state index is 0.212. The molecule has 0 bridgehead atoms. The number of nitrogens with zero attached hydrogens (tertiary/aromatic N) is 1. The SMILES string of the molecule is CCCNCc1ccc(N2CCC(C(C)O)C2)c(Br)c1. The first-order chi connectivity index (χ1) is 9.61. The lowest BCUT2D eigenvalue weighted by Gasteiger charge is -2.21. The van der Waals surface area contributed by atoms with Crippen LogP contribution in [0.2, 0.25) is 0 Å². The molecule has 3 nitrogen and oxygen atoms in total. The molecule has 1 heterocycles. The second-order valence-corrected chi connectivity index (χ2v) is 6.55. The molecule has 1 aliphatic heterocycles. The number of hydrogen-bond donors (Lipinski definition) is 2. The Morgan fingerprint density at radius 3 is 2.90 bits per heavy atom. The van der Waals surface area contributed by atoms with Gasteiger partial charge in [-0.2, -0.15) is 0 Å². The van der Waals surface area contributed by atoms with Crippen LogP contribution in [0.5, 0.6) is 0 Å². The normalized spacial score (nSPS) is 20.4. The molecule has 2 unspecified atom stereocenters. The molecule has 112 valence electrons. The van der Waals surface area contributed by atoms with Gasteiger partial charge in [0, 0.05) is 30.0 Å². The maximum absolute atomic E-state index is 9.70. The van der Waals surface area contributed by atoms with E-state index in [1.54, 1.807) is 0 Å². The zero-order valence-corrected chi connectivity index (χ0v) is 14.0. The van der Waals surface area contributed by atoms with Gasteiger partial charge in [0.1, 0.15) is 0 Å². The van der Waals surface area contributed by atoms with Gasteiger partial charge in [-0.05, 0) is 59.9 Å². The standard InChI is InChI=1S/C16H25BrN2O/c1-3-7-18-10-13-4-5-16(15(17)9-13)19-8-6-14(11-19)12(2)20/h4-5,9,12,14,18,20H,3,6-8,10-11H2,1-2H3. The molecule has 0 amide bonds. The molecule has 0 aliphatic carbocycles. The first-order valence-corrected chi connectivity index (χ1v) is 8.33. The molecule has 1 saturated heterocycles. The molecular formula is C16H25BrN2O. The van der Waals surface area contributed by atoms with Gasteiger partial charge in [0.05, 0.1) is 11.8 Å². The van der Waals surface area contributed by atoms with Gasteiger partial charge in [0.25, 0.3) is 0 Å². The fraction of sp³-hybridized carbons (Fsp3) is 0.625. The molecule has 1 aliphatic rings. The van der Waals surface area contributed by atoms with Crippen LogP contribution in [0, 0.1) is 5.92 Å². The van der Waals surface area contributed by atoms with Crippen molar-refractivity contribution in [2.75, 3.05) is 24.5 Å². The van der Waals surface area contributed by atoms with E-state index < -0.39 is 0 Å². The van der Waals surface area contributed by atoms with Gasteiger partial charge in [0.2, 0.25) is 0 Å². The quantitative estimate of drug-likeness (QED) is 0.781. The minimum atomic E-state index is -0.212. The highest BCUT2D eigenvalue weighted by Crippen LogP contribution is 2.32. The van der Waals surface area contributed by atoms with Crippen molar-refractivity contribution in [3.63, 3.8) is 0 Å². The lowest BCUT2D eigenvalue weighted by atomic mass is 10.0. The summed E-state index contributed by atoms with van der Waals surface area (Å²) in [6, 6.07) is 6.59. The van der Waals surface area contributed by atoms with Crippen molar-refractivity contribution in [3.8, 4) is 0 Å². The average molecular weight is 341 g/mol. The Morgan fingerprint density at radius 1 is 1.50 bits per heavy atom. The molecule has 1 aromatic rings. The predicted molar refractivity (Wildman–Crippen MR) is 88.1 cm³/mol. The zero-order valence-electron chi connectivity index (χ0n) is 12.4. The number of hydrogen-bond acceptors (Lipinski definition) is 3. The summed E-state index contributed by atoms with van der Waals surface area (Å²) in [6.07, 6.45) is 2.02.